The highest BCUT2D eigenvalue weighted by Crippen LogP contribution is 2.56. The molecule has 0 bridgehead atoms. The van der Waals surface area contributed by atoms with Gasteiger partial charge in [0.1, 0.15) is 0 Å². The first-order valence-corrected chi connectivity index (χ1v) is 13.5. The normalized spacial score (nSPS) is 32.5. The summed E-state index contributed by atoms with van der Waals surface area (Å²) in [6.45, 7) is 2.27. The molecule has 0 aliphatic heterocycles. The van der Waals surface area contributed by atoms with E-state index in [9.17, 15) is 13.6 Å². The monoisotopic (exact) mass is 560 g/mol. The number of carbonyl (C=O) groups is 1. The van der Waals surface area contributed by atoms with Crippen LogP contribution in [0.15, 0.2) is 12.1 Å². The van der Waals surface area contributed by atoms with E-state index in [1.54, 1.807) is 6.07 Å². The second-order valence-corrected chi connectivity index (χ2v) is 13.8. The molecule has 3 fully saturated rings. The predicted octanol–water partition coefficient (Wildman–Crippen LogP) is 8.26. The number of rotatable bonds is 6. The maximum Gasteiger partial charge on any atom is 0.316 e. The Labute approximate surface area is 201 Å². The van der Waals surface area contributed by atoms with Crippen LogP contribution in [0.5, 0.6) is 5.75 Å². The summed E-state index contributed by atoms with van der Waals surface area (Å²) >= 11 is 6.71. The van der Waals surface area contributed by atoms with Gasteiger partial charge in [-0.05, 0) is 80.2 Å². The molecule has 1 aromatic carbocycles. The van der Waals surface area contributed by atoms with Crippen molar-refractivity contribution in [3.8, 4) is 5.75 Å². The maximum atomic E-state index is 14.8. The molecule has 2 nitrogen and oxygen atoms in total. The highest BCUT2D eigenvalue weighted by Gasteiger charge is 2.56. The molecule has 0 spiro atoms. The zero-order chi connectivity index (χ0) is 22.2. The minimum atomic E-state index is -1.04. The molecule has 1 unspecified atom stereocenters. The lowest BCUT2D eigenvalue weighted by molar-refractivity contribution is -0.136. The van der Waals surface area contributed by atoms with Crippen LogP contribution >= 0.6 is 31.9 Å². The Morgan fingerprint density at radius 1 is 1.00 bits per heavy atom. The Morgan fingerprint density at radius 2 is 1.58 bits per heavy atom. The van der Waals surface area contributed by atoms with Crippen LogP contribution in [0, 0.1) is 35.3 Å². The Morgan fingerprint density at radius 3 is 2.13 bits per heavy atom. The molecule has 0 N–H and O–H groups in total. The Hall–Kier alpha value is -0.490. The maximum absolute atomic E-state index is 14.8. The van der Waals surface area contributed by atoms with Gasteiger partial charge in [0.2, 0.25) is 5.82 Å². The third kappa shape index (κ3) is 5.37. The van der Waals surface area contributed by atoms with Crippen molar-refractivity contribution in [1.82, 2.24) is 0 Å². The molecule has 3 aliphatic rings. The van der Waals surface area contributed by atoms with E-state index in [0.29, 0.717) is 12.0 Å². The summed E-state index contributed by atoms with van der Waals surface area (Å²) in [4.78, 5) is 12.1. The van der Waals surface area contributed by atoms with E-state index in [2.05, 4.69) is 38.8 Å². The first kappa shape index (κ1) is 23.7. The van der Waals surface area contributed by atoms with Gasteiger partial charge in [-0.2, -0.15) is 4.39 Å². The highest BCUT2D eigenvalue weighted by atomic mass is 79.9. The van der Waals surface area contributed by atoms with Crippen molar-refractivity contribution >= 4 is 37.8 Å². The first-order valence-electron chi connectivity index (χ1n) is 11.9. The smallest absolute Gasteiger partial charge is 0.316 e. The zero-order valence-electron chi connectivity index (χ0n) is 18.1. The molecule has 1 aromatic rings. The quantitative estimate of drug-likeness (QED) is 0.198. The van der Waals surface area contributed by atoms with E-state index in [0.717, 1.165) is 43.4 Å². The molecule has 31 heavy (non-hydrogen) atoms. The standard InChI is InChI=1S/C25H32Br2F2O2/c1-2-3-15-4-6-16(7-5-15)17-8-10-18(11-9-17)19-12-13-21(23(29)22(19)28)31-24(30)20-14-25(20,26)27/h12-13,15-18,20H,2-11,14H2,1H3. The molecular weight excluding hydrogens is 530 g/mol. The number of alkyl halides is 2. The molecular formula is C25H32Br2F2O2. The van der Waals surface area contributed by atoms with Crippen molar-refractivity contribution in [2.45, 2.75) is 86.7 Å². The Kier molecular flexibility index (Phi) is 7.47. The fourth-order valence-electron chi connectivity index (χ4n) is 5.85. The largest absolute Gasteiger partial charge is 0.423 e. The number of hydrogen-bond donors (Lipinski definition) is 0. The number of hydrogen-bond acceptors (Lipinski definition) is 2. The van der Waals surface area contributed by atoms with Crippen molar-refractivity contribution in [2.75, 3.05) is 0 Å². The van der Waals surface area contributed by atoms with Gasteiger partial charge >= 0.3 is 5.97 Å². The van der Waals surface area contributed by atoms with Gasteiger partial charge in [0.15, 0.2) is 11.6 Å². The highest BCUT2D eigenvalue weighted by molar-refractivity contribution is 9.25. The lowest BCUT2D eigenvalue weighted by atomic mass is 9.68. The van der Waals surface area contributed by atoms with E-state index < -0.39 is 20.8 Å². The van der Waals surface area contributed by atoms with Gasteiger partial charge in [0, 0.05) is 0 Å². The minimum Gasteiger partial charge on any atom is -0.423 e. The minimum absolute atomic E-state index is 0.0492. The molecule has 4 rings (SSSR count). The topological polar surface area (TPSA) is 26.3 Å². The molecule has 0 amide bonds. The second-order valence-electron chi connectivity index (χ2n) is 9.90. The summed E-state index contributed by atoms with van der Waals surface area (Å²) in [5.41, 5.74) is 0.434. The fourth-order valence-corrected chi connectivity index (χ4v) is 6.87. The number of esters is 1. The lowest BCUT2D eigenvalue weighted by Gasteiger charge is -2.38. The third-order valence-corrected chi connectivity index (χ3v) is 9.62. The van der Waals surface area contributed by atoms with E-state index in [4.69, 9.17) is 4.74 Å². The molecule has 0 heterocycles. The van der Waals surface area contributed by atoms with Crippen molar-refractivity contribution in [3.05, 3.63) is 29.3 Å². The van der Waals surface area contributed by atoms with Gasteiger partial charge in [-0.1, -0.05) is 70.5 Å². The number of ether oxygens (including phenoxy) is 1. The molecule has 172 valence electrons. The van der Waals surface area contributed by atoms with E-state index in [-0.39, 0.29) is 17.6 Å². The van der Waals surface area contributed by atoms with Crippen LogP contribution in [-0.4, -0.2) is 9.20 Å². The summed E-state index contributed by atoms with van der Waals surface area (Å²) in [5.74, 6) is -0.626. The average Bonchev–Trinajstić information content (AvgIpc) is 3.41. The van der Waals surface area contributed by atoms with E-state index >= 15 is 0 Å². The van der Waals surface area contributed by atoms with Crippen molar-refractivity contribution < 1.29 is 18.3 Å². The molecule has 0 radical (unpaired) electrons. The Balaban J connectivity index is 1.32. The average molecular weight is 562 g/mol. The van der Waals surface area contributed by atoms with Gasteiger partial charge in [0.05, 0.1) is 9.15 Å². The summed E-state index contributed by atoms with van der Waals surface area (Å²) in [6, 6.07) is 3.03. The van der Waals surface area contributed by atoms with Crippen LogP contribution in [0.2, 0.25) is 0 Å². The fraction of sp³-hybridized carbons (Fsp3) is 0.720. The number of benzene rings is 1. The SMILES string of the molecule is CCCC1CCC(C2CCC(c3ccc(OC(=O)C4CC4(Br)Br)c(F)c3F)CC2)CC1. The molecule has 3 aliphatic carbocycles. The molecule has 3 saturated carbocycles. The van der Waals surface area contributed by atoms with Crippen LogP contribution in [0.3, 0.4) is 0 Å². The number of carbonyl (C=O) groups excluding carboxylic acids is 1. The first-order chi connectivity index (χ1) is 14.8. The van der Waals surface area contributed by atoms with Crippen molar-refractivity contribution in [1.29, 1.82) is 0 Å². The van der Waals surface area contributed by atoms with Crippen LogP contribution in [0.4, 0.5) is 8.78 Å². The van der Waals surface area contributed by atoms with Crippen LogP contribution in [-0.2, 0) is 4.79 Å². The van der Waals surface area contributed by atoms with Crippen LogP contribution in [0.1, 0.15) is 89.0 Å². The summed E-state index contributed by atoms with van der Waals surface area (Å²) in [6.07, 6.45) is 12.7. The lowest BCUT2D eigenvalue weighted by Crippen LogP contribution is -2.25. The Bertz CT molecular complexity index is 797. The van der Waals surface area contributed by atoms with E-state index in [1.165, 1.54) is 44.6 Å². The second kappa shape index (κ2) is 9.79. The molecule has 0 aromatic heterocycles. The molecule has 0 saturated heterocycles. The van der Waals surface area contributed by atoms with Crippen molar-refractivity contribution in [3.63, 3.8) is 0 Å². The van der Waals surface area contributed by atoms with Gasteiger partial charge < -0.3 is 4.74 Å². The van der Waals surface area contributed by atoms with Gasteiger partial charge in [-0.25, -0.2) is 4.39 Å². The van der Waals surface area contributed by atoms with Gasteiger partial charge in [0.25, 0.3) is 0 Å². The summed E-state index contributed by atoms with van der Waals surface area (Å²) in [5, 5.41) is 0. The molecule has 6 heteroatoms. The summed E-state index contributed by atoms with van der Waals surface area (Å²) < 4.78 is 34.2. The third-order valence-electron chi connectivity index (χ3n) is 7.86. The van der Waals surface area contributed by atoms with Gasteiger partial charge in [-0.15, -0.1) is 0 Å². The summed E-state index contributed by atoms with van der Waals surface area (Å²) in [7, 11) is 0. The van der Waals surface area contributed by atoms with Crippen molar-refractivity contribution in [2.24, 2.45) is 23.7 Å². The van der Waals surface area contributed by atoms with Crippen LogP contribution < -0.4 is 4.74 Å². The van der Waals surface area contributed by atoms with Gasteiger partial charge in [-0.3, -0.25) is 4.79 Å². The predicted molar refractivity (Wildman–Crippen MR) is 126 cm³/mol. The number of halogens is 4. The zero-order valence-corrected chi connectivity index (χ0v) is 21.3. The molecule has 1 atom stereocenters. The van der Waals surface area contributed by atoms with E-state index in [1.807, 2.05) is 0 Å². The van der Waals surface area contributed by atoms with Crippen LogP contribution in [0.25, 0.3) is 0 Å².